The van der Waals surface area contributed by atoms with E-state index in [0.717, 1.165) is 11.1 Å². The third kappa shape index (κ3) is 4.20. The molecule has 0 aliphatic heterocycles. The Morgan fingerprint density at radius 1 is 1.04 bits per heavy atom. The van der Waals surface area contributed by atoms with Crippen LogP contribution >= 0.6 is 0 Å². The van der Waals surface area contributed by atoms with Gasteiger partial charge >= 0.3 is 0 Å². The number of benzene rings is 2. The molecule has 0 atom stereocenters. The average Bonchev–Trinajstić information content (AvgIpc) is 3.05. The molecule has 2 aromatic carbocycles. The van der Waals surface area contributed by atoms with Gasteiger partial charge in [-0.1, -0.05) is 53.7 Å². The number of hydrogen-bond donors (Lipinski definition) is 1. The average molecular weight is 307 g/mol. The lowest BCUT2D eigenvalue weighted by molar-refractivity contribution is 0.127. The lowest BCUT2D eigenvalue weighted by atomic mass is 10.1. The highest BCUT2D eigenvalue weighted by Gasteiger charge is 2.06. The third-order valence-corrected chi connectivity index (χ3v) is 3.19. The van der Waals surface area contributed by atoms with Gasteiger partial charge in [0.15, 0.2) is 6.61 Å². The fraction of sp³-hybridized carbons (Fsp3) is 0.111. The van der Waals surface area contributed by atoms with Gasteiger partial charge in [-0.3, -0.25) is 0 Å². The minimum Gasteiger partial charge on any atom is -0.444 e. The zero-order valence-electron chi connectivity index (χ0n) is 12.6. The van der Waals surface area contributed by atoms with E-state index in [2.05, 4.69) is 10.1 Å². The van der Waals surface area contributed by atoms with Crippen molar-refractivity contribution in [3.05, 3.63) is 78.2 Å². The molecule has 1 aromatic heterocycles. The number of oxazole rings is 1. The Balaban J connectivity index is 1.55. The number of aromatic nitrogens is 1. The normalized spacial score (nSPS) is 11.4. The standard InChI is InChI=1S/C18H17N3O2/c19-17(11-14-7-3-1-4-8-14)21-23-13-16-12-22-18(20-16)15-9-5-2-6-10-15/h1-10,12H,11,13H2,(H2,19,21). The van der Waals surface area contributed by atoms with Crippen LogP contribution < -0.4 is 5.73 Å². The van der Waals surface area contributed by atoms with Gasteiger partial charge in [-0.2, -0.15) is 0 Å². The van der Waals surface area contributed by atoms with Gasteiger partial charge in [-0.25, -0.2) is 4.98 Å². The first kappa shape index (κ1) is 14.8. The lowest BCUT2D eigenvalue weighted by Gasteiger charge is -2.01. The molecule has 3 rings (SSSR count). The van der Waals surface area contributed by atoms with Crippen molar-refractivity contribution in [1.82, 2.24) is 4.98 Å². The van der Waals surface area contributed by atoms with Gasteiger partial charge in [-0.05, 0) is 17.7 Å². The van der Waals surface area contributed by atoms with Crippen LogP contribution in [0.15, 0.2) is 76.5 Å². The van der Waals surface area contributed by atoms with Gasteiger partial charge in [0.05, 0.1) is 0 Å². The molecule has 3 aromatic rings. The number of hydrogen-bond acceptors (Lipinski definition) is 4. The molecule has 116 valence electrons. The molecule has 1 heterocycles. The molecule has 0 bridgehead atoms. The van der Waals surface area contributed by atoms with Crippen LogP contribution in [0.1, 0.15) is 11.3 Å². The van der Waals surface area contributed by atoms with Crippen LogP contribution in [0.25, 0.3) is 11.5 Å². The van der Waals surface area contributed by atoms with E-state index in [1.807, 2.05) is 60.7 Å². The number of amidine groups is 1. The summed E-state index contributed by atoms with van der Waals surface area (Å²) in [6, 6.07) is 19.6. The monoisotopic (exact) mass is 307 g/mol. The Kier molecular flexibility index (Phi) is 4.69. The Morgan fingerprint density at radius 2 is 1.74 bits per heavy atom. The molecule has 0 saturated heterocycles. The summed E-state index contributed by atoms with van der Waals surface area (Å²) in [6.07, 6.45) is 2.11. The van der Waals surface area contributed by atoms with Gasteiger partial charge in [0.25, 0.3) is 0 Å². The summed E-state index contributed by atoms with van der Waals surface area (Å²) < 4.78 is 5.43. The van der Waals surface area contributed by atoms with E-state index in [9.17, 15) is 0 Å². The Morgan fingerprint density at radius 3 is 2.48 bits per heavy atom. The summed E-state index contributed by atoms with van der Waals surface area (Å²) in [5, 5.41) is 3.91. The molecule has 0 spiro atoms. The first-order valence-corrected chi connectivity index (χ1v) is 7.29. The maximum Gasteiger partial charge on any atom is 0.226 e. The molecular formula is C18H17N3O2. The maximum absolute atomic E-state index is 5.85. The number of rotatable bonds is 6. The maximum atomic E-state index is 5.85. The van der Waals surface area contributed by atoms with Crippen molar-refractivity contribution in [2.45, 2.75) is 13.0 Å². The van der Waals surface area contributed by atoms with Crippen LogP contribution in [0.2, 0.25) is 0 Å². The van der Waals surface area contributed by atoms with Gasteiger partial charge in [0.1, 0.15) is 17.8 Å². The number of nitrogens with zero attached hydrogens (tertiary/aromatic N) is 2. The molecule has 0 radical (unpaired) electrons. The molecule has 0 saturated carbocycles. The second kappa shape index (κ2) is 7.26. The molecule has 5 heteroatoms. The topological polar surface area (TPSA) is 73.6 Å². The quantitative estimate of drug-likeness (QED) is 0.430. The van der Waals surface area contributed by atoms with E-state index in [1.165, 1.54) is 0 Å². The molecule has 0 amide bonds. The molecule has 5 nitrogen and oxygen atoms in total. The van der Waals surface area contributed by atoms with Crippen LogP contribution in [0, 0.1) is 0 Å². The van der Waals surface area contributed by atoms with E-state index in [0.29, 0.717) is 23.8 Å². The summed E-state index contributed by atoms with van der Waals surface area (Å²) in [5.41, 5.74) is 8.52. The molecular weight excluding hydrogens is 290 g/mol. The van der Waals surface area contributed by atoms with Crippen molar-refractivity contribution >= 4 is 5.84 Å². The molecule has 23 heavy (non-hydrogen) atoms. The number of nitrogens with two attached hydrogens (primary N) is 1. The van der Waals surface area contributed by atoms with Crippen LogP contribution in [0.3, 0.4) is 0 Å². The lowest BCUT2D eigenvalue weighted by Crippen LogP contribution is -2.15. The molecule has 0 unspecified atom stereocenters. The minimum atomic E-state index is 0.214. The smallest absolute Gasteiger partial charge is 0.226 e. The number of oxime groups is 1. The fourth-order valence-corrected chi connectivity index (χ4v) is 2.11. The summed E-state index contributed by atoms with van der Waals surface area (Å²) >= 11 is 0. The Hall–Kier alpha value is -3.08. The minimum absolute atomic E-state index is 0.214. The van der Waals surface area contributed by atoms with Crippen molar-refractivity contribution in [2.24, 2.45) is 10.9 Å². The fourth-order valence-electron chi connectivity index (χ4n) is 2.11. The van der Waals surface area contributed by atoms with Gasteiger partial charge < -0.3 is 15.0 Å². The van der Waals surface area contributed by atoms with Crippen molar-refractivity contribution < 1.29 is 9.25 Å². The van der Waals surface area contributed by atoms with Crippen molar-refractivity contribution in [3.8, 4) is 11.5 Å². The highest BCUT2D eigenvalue weighted by Crippen LogP contribution is 2.18. The van der Waals surface area contributed by atoms with Crippen LogP contribution in [-0.2, 0) is 17.9 Å². The zero-order chi connectivity index (χ0) is 15.9. The molecule has 2 N–H and O–H groups in total. The largest absolute Gasteiger partial charge is 0.444 e. The first-order chi connectivity index (χ1) is 11.3. The third-order valence-electron chi connectivity index (χ3n) is 3.19. The second-order valence-electron chi connectivity index (χ2n) is 5.03. The van der Waals surface area contributed by atoms with E-state index >= 15 is 0 Å². The molecule has 0 aliphatic rings. The SMILES string of the molecule is N/C(Cc1ccccc1)=N\OCc1coc(-c2ccccc2)n1. The van der Waals surface area contributed by atoms with E-state index in [4.69, 9.17) is 15.0 Å². The molecule has 0 aliphatic carbocycles. The highest BCUT2D eigenvalue weighted by molar-refractivity contribution is 5.82. The zero-order valence-corrected chi connectivity index (χ0v) is 12.6. The Bertz CT molecular complexity index is 767. The van der Waals surface area contributed by atoms with Gasteiger partial charge in [0.2, 0.25) is 5.89 Å². The first-order valence-electron chi connectivity index (χ1n) is 7.29. The van der Waals surface area contributed by atoms with Crippen LogP contribution in [0.4, 0.5) is 0 Å². The summed E-state index contributed by atoms with van der Waals surface area (Å²) in [6.45, 7) is 0.214. The van der Waals surface area contributed by atoms with E-state index in [-0.39, 0.29) is 6.61 Å². The van der Waals surface area contributed by atoms with Gasteiger partial charge in [0, 0.05) is 12.0 Å². The summed E-state index contributed by atoms with van der Waals surface area (Å²) in [4.78, 5) is 9.60. The highest BCUT2D eigenvalue weighted by atomic mass is 16.6. The summed E-state index contributed by atoms with van der Waals surface area (Å²) in [5.74, 6) is 0.980. The predicted octanol–water partition coefficient (Wildman–Crippen LogP) is 3.37. The second-order valence-corrected chi connectivity index (χ2v) is 5.03. The van der Waals surface area contributed by atoms with Gasteiger partial charge in [-0.15, -0.1) is 0 Å². The Labute approximate surface area is 134 Å². The van der Waals surface area contributed by atoms with Crippen molar-refractivity contribution in [3.63, 3.8) is 0 Å². The van der Waals surface area contributed by atoms with Crippen LogP contribution in [-0.4, -0.2) is 10.8 Å². The van der Waals surface area contributed by atoms with E-state index in [1.54, 1.807) is 6.26 Å². The van der Waals surface area contributed by atoms with Crippen molar-refractivity contribution in [2.75, 3.05) is 0 Å². The van der Waals surface area contributed by atoms with Crippen molar-refractivity contribution in [1.29, 1.82) is 0 Å². The predicted molar refractivity (Wildman–Crippen MR) is 88.5 cm³/mol. The molecule has 0 fully saturated rings. The van der Waals surface area contributed by atoms with E-state index < -0.39 is 0 Å². The van der Waals surface area contributed by atoms with Crippen LogP contribution in [0.5, 0.6) is 0 Å². The summed E-state index contributed by atoms with van der Waals surface area (Å²) in [7, 11) is 0.